The van der Waals surface area contributed by atoms with Crippen LogP contribution in [0.2, 0.25) is 0 Å². The van der Waals surface area contributed by atoms with E-state index in [1.54, 1.807) is 12.4 Å². The minimum atomic E-state index is 0. The maximum absolute atomic E-state index is 7.75. The van der Waals surface area contributed by atoms with Crippen LogP contribution in [0, 0.1) is 19.8 Å². The topological polar surface area (TPSA) is 59.9 Å². The molecule has 1 rings (SSSR count). The molecule has 0 aliphatic rings. The second-order valence-corrected chi connectivity index (χ2v) is 3.36. The van der Waals surface area contributed by atoms with Crippen molar-refractivity contribution >= 4 is 13.6 Å². The fourth-order valence-corrected chi connectivity index (χ4v) is 0.444. The number of hydrogen-bond acceptors (Lipinski definition) is 4. The summed E-state index contributed by atoms with van der Waals surface area (Å²) in [6.07, 6.45) is 3.52. The van der Waals surface area contributed by atoms with E-state index in [0.717, 1.165) is 0 Å². The van der Waals surface area contributed by atoms with Crippen LogP contribution < -0.4 is 0 Å². The van der Waals surface area contributed by atoms with Gasteiger partial charge in [0.25, 0.3) is 0 Å². The molecule has 0 aliphatic heterocycles. The van der Waals surface area contributed by atoms with Crippen molar-refractivity contribution in [2.75, 3.05) is 0 Å². The van der Waals surface area contributed by atoms with Crippen LogP contribution >= 0.6 is 0 Å². The molecule has 1 heterocycles. The van der Waals surface area contributed by atoms with E-state index in [1.165, 1.54) is 17.0 Å². The second-order valence-electron chi connectivity index (χ2n) is 3.36. The normalized spacial score (nSPS) is 6.94. The first-order valence-electron chi connectivity index (χ1n) is 4.52. The average molecular weight is 324 g/mol. The zero-order chi connectivity index (χ0) is 13.6. The Morgan fingerprint density at radius 1 is 0.882 bits per heavy atom. The van der Waals surface area contributed by atoms with Crippen LogP contribution in [0.3, 0.4) is 0 Å². The average Bonchev–Trinajstić information content (AvgIpc) is 2.27. The first-order valence-corrected chi connectivity index (χ1v) is 4.52. The van der Waals surface area contributed by atoms with Gasteiger partial charge in [-0.3, -0.25) is 13.6 Å². The molecule has 0 atom stereocenters. The molecule has 0 saturated heterocycles. The third kappa shape index (κ3) is 25.4. The summed E-state index contributed by atoms with van der Waals surface area (Å²) >= 11 is 0. The van der Waals surface area contributed by atoms with Gasteiger partial charge in [0.1, 0.15) is 0 Å². The maximum Gasteiger partial charge on any atom is 3.00 e. The van der Waals surface area contributed by atoms with E-state index in [-0.39, 0.29) is 19.5 Å². The van der Waals surface area contributed by atoms with Gasteiger partial charge in [-0.05, 0) is 25.0 Å². The Labute approximate surface area is 117 Å². The van der Waals surface area contributed by atoms with Gasteiger partial charge >= 0.3 is 19.5 Å². The van der Waals surface area contributed by atoms with Crippen molar-refractivity contribution in [3.8, 4) is 0 Å². The summed E-state index contributed by atoms with van der Waals surface area (Å²) < 4.78 is 0. The quantitative estimate of drug-likeness (QED) is 0.417. The molecule has 1 radical (unpaired) electrons. The SMILES string of the molecule is C[C-](C)C.Cc1cnncc1C.[CH-]=O.[CH-]=O.[Ru+3]. The molecule has 17 heavy (non-hydrogen) atoms. The Morgan fingerprint density at radius 2 is 1.06 bits per heavy atom. The molecule has 0 spiro atoms. The molecular weight excluding hydrogens is 305 g/mol. The van der Waals surface area contributed by atoms with Crippen molar-refractivity contribution in [3.63, 3.8) is 0 Å². The molecule has 4 nitrogen and oxygen atoms in total. The number of aryl methyl sites for hydroxylation is 2. The van der Waals surface area contributed by atoms with Crippen molar-refractivity contribution in [2.45, 2.75) is 34.6 Å². The predicted molar refractivity (Wildman–Crippen MR) is 65.3 cm³/mol. The molecule has 0 N–H and O–H groups in total. The fourth-order valence-electron chi connectivity index (χ4n) is 0.444. The zero-order valence-electron chi connectivity index (χ0n) is 10.9. The molecule has 1 aromatic rings. The molecule has 0 fully saturated rings. The number of hydrogen-bond donors (Lipinski definition) is 0. The van der Waals surface area contributed by atoms with Gasteiger partial charge in [-0.2, -0.15) is 31.0 Å². The van der Waals surface area contributed by atoms with Crippen molar-refractivity contribution < 1.29 is 29.1 Å². The van der Waals surface area contributed by atoms with Crippen LogP contribution in [-0.4, -0.2) is 23.8 Å². The van der Waals surface area contributed by atoms with E-state index in [2.05, 4.69) is 44.5 Å². The van der Waals surface area contributed by atoms with Gasteiger partial charge in [0.05, 0.1) is 12.4 Å². The standard InChI is InChI=1S/C6H8N2.C4H9.2CHO.Ru/c1-5-3-7-8-4-6(5)2;1-4(2)3;2*1-2;/h3-4H,1-2H3;1-3H3;2*1H;/q;3*-1;+3. The van der Waals surface area contributed by atoms with Crippen LogP contribution in [0.1, 0.15) is 31.9 Å². The minimum Gasteiger partial charge on any atom is -0.545 e. The first kappa shape index (κ1) is 25.0. The molecule has 0 amide bonds. The number of rotatable bonds is 0. The largest absolute Gasteiger partial charge is 3.00 e. The molecule has 0 aliphatic carbocycles. The third-order valence-corrected chi connectivity index (χ3v) is 1.19. The molecular formula is C12H19N2O2Ru. The van der Waals surface area contributed by atoms with Crippen molar-refractivity contribution in [1.29, 1.82) is 0 Å². The number of aromatic nitrogens is 2. The molecule has 5 heteroatoms. The van der Waals surface area contributed by atoms with E-state index >= 15 is 0 Å². The van der Waals surface area contributed by atoms with E-state index in [0.29, 0.717) is 0 Å². The molecule has 0 bridgehead atoms. The van der Waals surface area contributed by atoms with E-state index in [1.807, 2.05) is 13.8 Å². The van der Waals surface area contributed by atoms with Gasteiger partial charge in [0, 0.05) is 0 Å². The molecule has 97 valence electrons. The summed E-state index contributed by atoms with van der Waals surface area (Å²) in [5.41, 5.74) is 2.39. The Hall–Kier alpha value is -0.957. The van der Waals surface area contributed by atoms with Crippen LogP contribution in [0.5, 0.6) is 0 Å². The summed E-state index contributed by atoms with van der Waals surface area (Å²) in [6, 6.07) is 0. The Bertz CT molecular complexity index is 232. The third-order valence-electron chi connectivity index (χ3n) is 1.19. The van der Waals surface area contributed by atoms with Gasteiger partial charge in [0.15, 0.2) is 0 Å². The van der Waals surface area contributed by atoms with Crippen LogP contribution in [0.25, 0.3) is 0 Å². The maximum atomic E-state index is 7.75. The van der Waals surface area contributed by atoms with Gasteiger partial charge in [-0.15, -0.1) is 0 Å². The molecule has 0 aromatic carbocycles. The summed E-state index contributed by atoms with van der Waals surface area (Å²) in [5, 5.41) is 7.39. The van der Waals surface area contributed by atoms with E-state index in [4.69, 9.17) is 9.59 Å². The van der Waals surface area contributed by atoms with Crippen molar-refractivity contribution in [3.05, 3.63) is 29.4 Å². The molecule has 0 unspecified atom stereocenters. The summed E-state index contributed by atoms with van der Waals surface area (Å²) in [7, 11) is 0. The van der Waals surface area contributed by atoms with Gasteiger partial charge in [-0.1, -0.05) is 0 Å². The fraction of sp³-hybridized carbons (Fsp3) is 0.417. The Kier molecular flexibility index (Phi) is 30.1. The minimum absolute atomic E-state index is 0. The van der Waals surface area contributed by atoms with Gasteiger partial charge in [-0.25, -0.2) is 0 Å². The van der Waals surface area contributed by atoms with Crippen LogP contribution in [0.4, 0.5) is 0 Å². The Morgan fingerprint density at radius 3 is 1.18 bits per heavy atom. The summed E-state index contributed by atoms with van der Waals surface area (Å²) in [5.74, 6) is 1.42. The van der Waals surface area contributed by atoms with E-state index in [9.17, 15) is 0 Å². The molecule has 0 saturated carbocycles. The van der Waals surface area contributed by atoms with Gasteiger partial charge < -0.3 is 15.5 Å². The number of nitrogens with zero attached hydrogens (tertiary/aromatic N) is 2. The van der Waals surface area contributed by atoms with Crippen LogP contribution in [-0.2, 0) is 29.1 Å². The summed E-state index contributed by atoms with van der Waals surface area (Å²) in [6.45, 7) is 16.8. The smallest absolute Gasteiger partial charge is 0.545 e. The second kappa shape index (κ2) is 20.5. The van der Waals surface area contributed by atoms with Crippen LogP contribution in [0.15, 0.2) is 12.4 Å². The van der Waals surface area contributed by atoms with Crippen molar-refractivity contribution in [1.82, 2.24) is 10.2 Å². The Balaban J connectivity index is -0.0000000814. The summed E-state index contributed by atoms with van der Waals surface area (Å²) in [4.78, 5) is 15.5. The first-order chi connectivity index (χ1) is 7.54. The molecule has 1 aromatic heterocycles. The zero-order valence-corrected chi connectivity index (χ0v) is 12.6. The van der Waals surface area contributed by atoms with Crippen molar-refractivity contribution in [2.24, 2.45) is 0 Å². The predicted octanol–water partition coefficient (Wildman–Crippen LogP) is 2.16. The van der Waals surface area contributed by atoms with Gasteiger partial charge in [0.2, 0.25) is 0 Å². The monoisotopic (exact) mass is 325 g/mol. The number of carbonyl (C=O) groups excluding carboxylic acids is 2. The van der Waals surface area contributed by atoms with E-state index < -0.39 is 0 Å².